The number of piperidine rings is 1. The van der Waals surface area contributed by atoms with Crippen molar-refractivity contribution in [2.24, 2.45) is 0 Å². The molecule has 118 valence electrons. The molecular formula is C16H25ClN2O2. The molecule has 0 spiro atoms. The minimum absolute atomic E-state index is 0. The summed E-state index contributed by atoms with van der Waals surface area (Å²) in [5, 5.41) is 6.47. The van der Waals surface area contributed by atoms with Crippen LogP contribution in [0.4, 0.5) is 0 Å². The summed E-state index contributed by atoms with van der Waals surface area (Å²) in [5.41, 5.74) is 1.14. The fourth-order valence-electron chi connectivity index (χ4n) is 2.45. The van der Waals surface area contributed by atoms with E-state index in [1.807, 2.05) is 30.3 Å². The quantitative estimate of drug-likeness (QED) is 0.792. The number of nitrogens with one attached hydrogen (secondary N) is 2. The van der Waals surface area contributed by atoms with Crippen LogP contribution in [0, 0.1) is 0 Å². The van der Waals surface area contributed by atoms with Crippen molar-refractivity contribution >= 4 is 18.3 Å². The van der Waals surface area contributed by atoms with E-state index < -0.39 is 0 Å². The zero-order valence-electron chi connectivity index (χ0n) is 12.5. The van der Waals surface area contributed by atoms with Crippen LogP contribution in [0.5, 0.6) is 0 Å². The van der Waals surface area contributed by atoms with Crippen LogP contribution in [0.2, 0.25) is 0 Å². The second-order valence-electron chi connectivity index (χ2n) is 5.35. The van der Waals surface area contributed by atoms with E-state index in [0.29, 0.717) is 25.7 Å². The Morgan fingerprint density at radius 1 is 1.38 bits per heavy atom. The molecule has 1 heterocycles. The van der Waals surface area contributed by atoms with E-state index >= 15 is 0 Å². The molecule has 1 aromatic rings. The number of hydrogen-bond donors (Lipinski definition) is 2. The Bertz CT molecular complexity index is 414. The van der Waals surface area contributed by atoms with Crippen LogP contribution in [0.15, 0.2) is 30.3 Å². The Labute approximate surface area is 133 Å². The normalized spacial score (nSPS) is 21.4. The molecule has 1 amide bonds. The predicted octanol–water partition coefficient (Wildman–Crippen LogP) is 2.27. The van der Waals surface area contributed by atoms with Gasteiger partial charge in [0.05, 0.1) is 13.2 Å². The van der Waals surface area contributed by atoms with Gasteiger partial charge in [0, 0.05) is 18.5 Å². The van der Waals surface area contributed by atoms with Crippen molar-refractivity contribution in [3.05, 3.63) is 35.9 Å². The molecule has 1 aliphatic rings. The summed E-state index contributed by atoms with van der Waals surface area (Å²) >= 11 is 0. The van der Waals surface area contributed by atoms with Crippen LogP contribution in [0.3, 0.4) is 0 Å². The number of carbonyl (C=O) groups excluding carboxylic acids is 1. The minimum atomic E-state index is 0. The van der Waals surface area contributed by atoms with E-state index in [2.05, 4.69) is 17.6 Å². The Morgan fingerprint density at radius 2 is 2.14 bits per heavy atom. The molecule has 0 bridgehead atoms. The standard InChI is InChI=1S/C16H24N2O2.ClH/c1-13-15(8-5-10-17-13)18-16(19)9-11-20-12-14-6-3-2-4-7-14;/h2-4,6-7,13,15,17H,5,8-12H2,1H3,(H,18,19);1H. The Morgan fingerprint density at radius 3 is 2.86 bits per heavy atom. The lowest BCUT2D eigenvalue weighted by Gasteiger charge is -2.30. The smallest absolute Gasteiger partial charge is 0.222 e. The van der Waals surface area contributed by atoms with Gasteiger partial charge in [0.2, 0.25) is 5.91 Å². The van der Waals surface area contributed by atoms with Gasteiger partial charge in [-0.1, -0.05) is 30.3 Å². The lowest BCUT2D eigenvalue weighted by Crippen LogP contribution is -2.52. The van der Waals surface area contributed by atoms with Crippen LogP contribution in [-0.4, -0.2) is 31.1 Å². The van der Waals surface area contributed by atoms with Gasteiger partial charge in [-0.05, 0) is 31.9 Å². The lowest BCUT2D eigenvalue weighted by atomic mass is 10.00. The SMILES string of the molecule is CC1NCCCC1NC(=O)CCOCc1ccccc1.Cl. The molecule has 1 saturated heterocycles. The van der Waals surface area contributed by atoms with Crippen LogP contribution < -0.4 is 10.6 Å². The predicted molar refractivity (Wildman–Crippen MR) is 86.6 cm³/mol. The van der Waals surface area contributed by atoms with E-state index in [1.54, 1.807) is 0 Å². The molecule has 21 heavy (non-hydrogen) atoms. The van der Waals surface area contributed by atoms with Crippen molar-refractivity contribution in [1.29, 1.82) is 0 Å². The highest BCUT2D eigenvalue weighted by Crippen LogP contribution is 2.08. The molecule has 0 aliphatic carbocycles. The molecule has 5 heteroatoms. The highest BCUT2D eigenvalue weighted by molar-refractivity contribution is 5.85. The molecule has 1 aliphatic heterocycles. The lowest BCUT2D eigenvalue weighted by molar-refractivity contribution is -0.123. The third-order valence-corrected chi connectivity index (χ3v) is 3.69. The van der Waals surface area contributed by atoms with Gasteiger partial charge in [-0.25, -0.2) is 0 Å². The first-order chi connectivity index (χ1) is 9.75. The Balaban J connectivity index is 0.00000220. The van der Waals surface area contributed by atoms with E-state index in [9.17, 15) is 4.79 Å². The molecule has 1 fully saturated rings. The molecule has 4 nitrogen and oxygen atoms in total. The summed E-state index contributed by atoms with van der Waals surface area (Å²) in [5.74, 6) is 0.0820. The zero-order chi connectivity index (χ0) is 14.2. The average Bonchev–Trinajstić information content (AvgIpc) is 2.47. The highest BCUT2D eigenvalue weighted by atomic mass is 35.5. The number of ether oxygens (including phenoxy) is 1. The first-order valence-corrected chi connectivity index (χ1v) is 7.40. The summed E-state index contributed by atoms with van der Waals surface area (Å²) in [4.78, 5) is 11.8. The summed E-state index contributed by atoms with van der Waals surface area (Å²) in [6.45, 7) is 4.20. The van der Waals surface area contributed by atoms with Crippen molar-refractivity contribution in [3.63, 3.8) is 0 Å². The minimum Gasteiger partial charge on any atom is -0.376 e. The summed E-state index contributed by atoms with van der Waals surface area (Å²) in [6, 6.07) is 10.6. The highest BCUT2D eigenvalue weighted by Gasteiger charge is 2.21. The van der Waals surface area contributed by atoms with Gasteiger partial charge in [0.1, 0.15) is 0 Å². The molecule has 0 aromatic heterocycles. The van der Waals surface area contributed by atoms with Crippen LogP contribution in [0.1, 0.15) is 31.7 Å². The topological polar surface area (TPSA) is 50.4 Å². The van der Waals surface area contributed by atoms with Crippen LogP contribution in [-0.2, 0) is 16.1 Å². The number of benzene rings is 1. The van der Waals surface area contributed by atoms with E-state index in [-0.39, 0.29) is 24.4 Å². The largest absolute Gasteiger partial charge is 0.376 e. The van der Waals surface area contributed by atoms with Crippen molar-refractivity contribution in [1.82, 2.24) is 10.6 Å². The summed E-state index contributed by atoms with van der Waals surface area (Å²) in [6.07, 6.45) is 2.61. The number of hydrogen-bond acceptors (Lipinski definition) is 3. The first kappa shape index (κ1) is 18.0. The maximum absolute atomic E-state index is 11.8. The molecule has 0 radical (unpaired) electrons. The number of rotatable bonds is 6. The van der Waals surface area contributed by atoms with E-state index in [0.717, 1.165) is 24.9 Å². The van der Waals surface area contributed by atoms with Crippen LogP contribution >= 0.6 is 12.4 Å². The molecule has 2 unspecified atom stereocenters. The summed E-state index contributed by atoms with van der Waals surface area (Å²) < 4.78 is 5.53. The monoisotopic (exact) mass is 312 g/mol. The van der Waals surface area contributed by atoms with Gasteiger partial charge >= 0.3 is 0 Å². The molecular weight excluding hydrogens is 288 g/mol. The maximum atomic E-state index is 11.8. The zero-order valence-corrected chi connectivity index (χ0v) is 13.3. The van der Waals surface area contributed by atoms with E-state index in [1.165, 1.54) is 0 Å². The van der Waals surface area contributed by atoms with Crippen molar-refractivity contribution in [2.45, 2.75) is 44.9 Å². The van der Waals surface area contributed by atoms with Crippen LogP contribution in [0.25, 0.3) is 0 Å². The molecule has 2 atom stereocenters. The third kappa shape index (κ3) is 6.46. The van der Waals surface area contributed by atoms with Crippen molar-refractivity contribution < 1.29 is 9.53 Å². The van der Waals surface area contributed by atoms with Gasteiger partial charge < -0.3 is 15.4 Å². The fourth-order valence-corrected chi connectivity index (χ4v) is 2.45. The summed E-state index contributed by atoms with van der Waals surface area (Å²) in [7, 11) is 0. The Hall–Kier alpha value is -1.10. The molecule has 2 rings (SSSR count). The fraction of sp³-hybridized carbons (Fsp3) is 0.562. The van der Waals surface area contributed by atoms with Gasteiger partial charge in [-0.15, -0.1) is 12.4 Å². The second-order valence-corrected chi connectivity index (χ2v) is 5.35. The number of halogens is 1. The van der Waals surface area contributed by atoms with Gasteiger partial charge in [-0.3, -0.25) is 4.79 Å². The van der Waals surface area contributed by atoms with Gasteiger partial charge in [-0.2, -0.15) is 0 Å². The maximum Gasteiger partial charge on any atom is 0.222 e. The molecule has 1 aromatic carbocycles. The average molecular weight is 313 g/mol. The Kier molecular flexibility index (Phi) is 8.35. The molecule has 2 N–H and O–H groups in total. The van der Waals surface area contributed by atoms with E-state index in [4.69, 9.17) is 4.74 Å². The first-order valence-electron chi connectivity index (χ1n) is 7.40. The molecule has 0 saturated carbocycles. The van der Waals surface area contributed by atoms with Crippen molar-refractivity contribution in [3.8, 4) is 0 Å². The van der Waals surface area contributed by atoms with Gasteiger partial charge in [0.25, 0.3) is 0 Å². The number of carbonyl (C=O) groups is 1. The second kappa shape index (κ2) is 9.77. The van der Waals surface area contributed by atoms with Gasteiger partial charge in [0.15, 0.2) is 0 Å². The third-order valence-electron chi connectivity index (χ3n) is 3.69. The number of amides is 1. The van der Waals surface area contributed by atoms with Crippen molar-refractivity contribution in [2.75, 3.05) is 13.2 Å².